The van der Waals surface area contributed by atoms with Gasteiger partial charge >= 0.3 is 5.97 Å². The third-order valence-electron chi connectivity index (χ3n) is 6.02. The van der Waals surface area contributed by atoms with Crippen molar-refractivity contribution in [3.8, 4) is 5.75 Å². The smallest absolute Gasteiger partial charge is 0.305 e. The second-order valence-electron chi connectivity index (χ2n) is 7.95. The Labute approximate surface area is 196 Å². The molecule has 3 aromatic rings. The molecule has 0 aromatic heterocycles. The predicted octanol–water partition coefficient (Wildman–Crippen LogP) is 5.12. The van der Waals surface area contributed by atoms with E-state index in [-0.39, 0.29) is 30.6 Å². The maximum Gasteiger partial charge on any atom is 0.305 e. The molecule has 0 radical (unpaired) electrons. The van der Waals surface area contributed by atoms with Gasteiger partial charge in [-0.15, -0.1) is 0 Å². The highest BCUT2D eigenvalue weighted by Gasteiger charge is 2.56. The summed E-state index contributed by atoms with van der Waals surface area (Å²) < 4.78 is 24.2. The van der Waals surface area contributed by atoms with Gasteiger partial charge in [0.1, 0.15) is 18.2 Å². The number of hydrogen-bond donors (Lipinski definition) is 1. The van der Waals surface area contributed by atoms with Crippen molar-refractivity contribution in [2.75, 3.05) is 7.11 Å². The minimum absolute atomic E-state index is 0.0695. The zero-order valence-electron chi connectivity index (χ0n) is 18.0. The molecule has 1 aliphatic rings. The van der Waals surface area contributed by atoms with Crippen LogP contribution in [-0.4, -0.2) is 19.0 Å². The van der Waals surface area contributed by atoms with Crippen molar-refractivity contribution in [1.29, 1.82) is 0 Å². The number of hydrogen-bond acceptors (Lipinski definition) is 4. The SMILES string of the molecule is COC(=O)CC[C@]1(c2ccc(F)cc2)C(=O)N[C@H]1c1ccc(OCc2ccc(Cl)cc2)cc1. The first kappa shape index (κ1) is 22.8. The molecule has 5 nitrogen and oxygen atoms in total. The van der Waals surface area contributed by atoms with E-state index < -0.39 is 11.4 Å². The number of esters is 1. The molecule has 4 rings (SSSR count). The first-order valence-electron chi connectivity index (χ1n) is 10.5. The molecule has 1 aliphatic heterocycles. The molecular weight excluding hydrogens is 445 g/mol. The van der Waals surface area contributed by atoms with E-state index in [4.69, 9.17) is 21.1 Å². The Morgan fingerprint density at radius 2 is 1.70 bits per heavy atom. The Hall–Kier alpha value is -3.38. The number of rotatable bonds is 8. The number of β-lactam (4-membered cyclic amide) rings is 1. The standard InChI is InChI=1S/C26H23ClFNO4/c1-32-23(30)14-15-26(19-6-10-21(28)11-7-19)24(29-25(26)31)18-4-12-22(13-5-18)33-16-17-2-8-20(27)9-3-17/h2-13,24H,14-16H2,1H3,(H,29,31)/t24-,26+/m0/s1. The third-order valence-corrected chi connectivity index (χ3v) is 6.27. The van der Waals surface area contributed by atoms with Gasteiger partial charge < -0.3 is 14.8 Å². The summed E-state index contributed by atoms with van der Waals surface area (Å²) in [7, 11) is 1.31. The van der Waals surface area contributed by atoms with Crippen LogP contribution in [0.2, 0.25) is 5.02 Å². The number of benzene rings is 3. The van der Waals surface area contributed by atoms with Gasteiger partial charge in [0.25, 0.3) is 0 Å². The second-order valence-corrected chi connectivity index (χ2v) is 8.38. The molecule has 0 spiro atoms. The molecule has 0 bridgehead atoms. The van der Waals surface area contributed by atoms with Crippen LogP contribution < -0.4 is 10.1 Å². The number of carbonyl (C=O) groups is 2. The number of nitrogens with one attached hydrogen (secondary N) is 1. The van der Waals surface area contributed by atoms with E-state index >= 15 is 0 Å². The van der Waals surface area contributed by atoms with Gasteiger partial charge in [-0.1, -0.05) is 48.0 Å². The topological polar surface area (TPSA) is 64.6 Å². The van der Waals surface area contributed by atoms with E-state index in [1.54, 1.807) is 12.1 Å². The third kappa shape index (κ3) is 4.71. The molecule has 1 heterocycles. The summed E-state index contributed by atoms with van der Waals surface area (Å²) in [4.78, 5) is 24.7. The van der Waals surface area contributed by atoms with Crippen molar-refractivity contribution in [3.63, 3.8) is 0 Å². The molecule has 33 heavy (non-hydrogen) atoms. The molecule has 0 unspecified atom stereocenters. The first-order valence-corrected chi connectivity index (χ1v) is 10.9. The molecule has 1 saturated heterocycles. The van der Waals surface area contributed by atoms with Crippen molar-refractivity contribution in [1.82, 2.24) is 5.32 Å². The zero-order valence-corrected chi connectivity index (χ0v) is 18.8. The van der Waals surface area contributed by atoms with Crippen LogP contribution in [-0.2, 0) is 26.3 Å². The minimum Gasteiger partial charge on any atom is -0.489 e. The molecular formula is C26H23ClFNO4. The van der Waals surface area contributed by atoms with Gasteiger partial charge in [0, 0.05) is 11.4 Å². The number of amides is 1. The molecule has 0 aliphatic carbocycles. The van der Waals surface area contributed by atoms with Crippen molar-refractivity contribution >= 4 is 23.5 Å². The van der Waals surface area contributed by atoms with Gasteiger partial charge in [-0.25, -0.2) is 4.39 Å². The van der Waals surface area contributed by atoms with Gasteiger partial charge in [-0.05, 0) is 59.5 Å². The van der Waals surface area contributed by atoms with Crippen LogP contribution >= 0.6 is 11.6 Å². The summed E-state index contributed by atoms with van der Waals surface area (Å²) in [6, 6.07) is 20.4. The summed E-state index contributed by atoms with van der Waals surface area (Å²) in [5.41, 5.74) is 1.52. The molecule has 0 saturated carbocycles. The summed E-state index contributed by atoms with van der Waals surface area (Å²) >= 11 is 5.91. The fourth-order valence-corrected chi connectivity index (χ4v) is 4.28. The Kier molecular flexibility index (Phi) is 6.65. The Bertz CT molecular complexity index is 1130. The quantitative estimate of drug-likeness (QED) is 0.369. The molecule has 1 N–H and O–H groups in total. The van der Waals surface area contributed by atoms with Crippen molar-refractivity contribution in [2.45, 2.75) is 30.9 Å². The second kappa shape index (κ2) is 9.63. The fourth-order valence-electron chi connectivity index (χ4n) is 4.16. The van der Waals surface area contributed by atoms with E-state index in [1.807, 2.05) is 48.5 Å². The Morgan fingerprint density at radius 1 is 1.03 bits per heavy atom. The van der Waals surface area contributed by atoms with Gasteiger partial charge in [0.15, 0.2) is 0 Å². The summed E-state index contributed by atoms with van der Waals surface area (Å²) in [5.74, 6) is -0.311. The van der Waals surface area contributed by atoms with Crippen LogP contribution in [0.3, 0.4) is 0 Å². The van der Waals surface area contributed by atoms with E-state index in [2.05, 4.69) is 5.32 Å². The summed E-state index contributed by atoms with van der Waals surface area (Å²) in [6.45, 7) is 0.398. The van der Waals surface area contributed by atoms with Crippen LogP contribution in [0.15, 0.2) is 72.8 Å². The number of ether oxygens (including phenoxy) is 2. The van der Waals surface area contributed by atoms with Crippen molar-refractivity contribution in [2.24, 2.45) is 0 Å². The number of halogens is 2. The molecule has 2 atom stereocenters. The number of carbonyl (C=O) groups excluding carboxylic acids is 2. The molecule has 3 aromatic carbocycles. The molecule has 1 amide bonds. The lowest BCUT2D eigenvalue weighted by Gasteiger charge is -2.49. The lowest BCUT2D eigenvalue weighted by molar-refractivity contribution is -0.144. The largest absolute Gasteiger partial charge is 0.489 e. The Morgan fingerprint density at radius 3 is 2.30 bits per heavy atom. The summed E-state index contributed by atoms with van der Waals surface area (Å²) in [5, 5.41) is 3.62. The highest BCUT2D eigenvalue weighted by molar-refractivity contribution is 6.30. The first-order chi connectivity index (χ1) is 15.9. The van der Waals surface area contributed by atoms with Crippen LogP contribution in [0.25, 0.3) is 0 Å². The van der Waals surface area contributed by atoms with E-state index in [1.165, 1.54) is 19.2 Å². The Balaban J connectivity index is 1.55. The monoisotopic (exact) mass is 467 g/mol. The average Bonchev–Trinajstić information content (AvgIpc) is 2.83. The van der Waals surface area contributed by atoms with Gasteiger partial charge in [0.05, 0.1) is 18.6 Å². The number of methoxy groups -OCH3 is 1. The predicted molar refractivity (Wildman–Crippen MR) is 122 cm³/mol. The molecule has 170 valence electrons. The van der Waals surface area contributed by atoms with Crippen LogP contribution in [0, 0.1) is 5.82 Å². The molecule has 1 fully saturated rings. The van der Waals surface area contributed by atoms with Gasteiger partial charge in [-0.2, -0.15) is 0 Å². The van der Waals surface area contributed by atoms with Crippen molar-refractivity contribution in [3.05, 3.63) is 100 Å². The van der Waals surface area contributed by atoms with Crippen molar-refractivity contribution < 1.29 is 23.5 Å². The minimum atomic E-state index is -0.992. The van der Waals surface area contributed by atoms with E-state index in [0.29, 0.717) is 22.9 Å². The van der Waals surface area contributed by atoms with E-state index in [0.717, 1.165) is 11.1 Å². The van der Waals surface area contributed by atoms with Crippen LogP contribution in [0.5, 0.6) is 5.75 Å². The maximum atomic E-state index is 13.5. The lowest BCUT2D eigenvalue weighted by Crippen LogP contribution is -2.64. The average molecular weight is 468 g/mol. The molecule has 7 heteroatoms. The zero-order chi connectivity index (χ0) is 23.4. The lowest BCUT2D eigenvalue weighted by atomic mass is 9.63. The highest BCUT2D eigenvalue weighted by Crippen LogP contribution is 2.48. The fraction of sp³-hybridized carbons (Fsp3) is 0.231. The van der Waals surface area contributed by atoms with Crippen LogP contribution in [0.4, 0.5) is 4.39 Å². The van der Waals surface area contributed by atoms with E-state index in [9.17, 15) is 14.0 Å². The van der Waals surface area contributed by atoms with Gasteiger partial charge in [-0.3, -0.25) is 9.59 Å². The summed E-state index contributed by atoms with van der Waals surface area (Å²) in [6.07, 6.45) is 0.316. The normalized spacial score (nSPS) is 19.4. The highest BCUT2D eigenvalue weighted by atomic mass is 35.5. The maximum absolute atomic E-state index is 13.5. The van der Waals surface area contributed by atoms with Gasteiger partial charge in [0.2, 0.25) is 5.91 Å². The van der Waals surface area contributed by atoms with Crippen LogP contribution in [0.1, 0.15) is 35.6 Å².